The van der Waals surface area contributed by atoms with Gasteiger partial charge in [-0.05, 0) is 35.2 Å². The molecule has 0 saturated heterocycles. The van der Waals surface area contributed by atoms with Gasteiger partial charge in [-0.3, -0.25) is 0 Å². The fourth-order valence-corrected chi connectivity index (χ4v) is 2.64. The van der Waals surface area contributed by atoms with Crippen LogP contribution >= 0.6 is 11.3 Å². The number of phenols is 1. The largest absolute Gasteiger partial charge is 0.508 e. The van der Waals surface area contributed by atoms with E-state index in [4.69, 9.17) is 0 Å². The Labute approximate surface area is 97.2 Å². The van der Waals surface area contributed by atoms with Crippen molar-refractivity contribution in [1.29, 1.82) is 0 Å². The molecular formula is C13H11NOS. The molecule has 0 atom stereocenters. The molecule has 0 fully saturated rings. The summed E-state index contributed by atoms with van der Waals surface area (Å²) in [4.78, 5) is 4.56. The molecule has 0 saturated carbocycles. The van der Waals surface area contributed by atoms with Crippen LogP contribution in [-0.4, -0.2) is 10.1 Å². The molecule has 2 nitrogen and oxygen atoms in total. The Morgan fingerprint density at radius 1 is 1.25 bits per heavy atom. The molecule has 2 N–H and O–H groups in total. The molecule has 80 valence electrons. The Bertz CT molecular complexity index is 610. The van der Waals surface area contributed by atoms with E-state index in [1.165, 1.54) is 10.4 Å². The van der Waals surface area contributed by atoms with E-state index in [9.17, 15) is 5.11 Å². The first-order valence-corrected chi connectivity index (χ1v) is 6.02. The van der Waals surface area contributed by atoms with Crippen molar-refractivity contribution in [3.8, 4) is 5.75 Å². The number of fused-ring (bicyclic) bond motifs is 1. The van der Waals surface area contributed by atoms with Crippen LogP contribution in [0.5, 0.6) is 5.75 Å². The van der Waals surface area contributed by atoms with Crippen LogP contribution in [0.4, 0.5) is 0 Å². The van der Waals surface area contributed by atoms with Gasteiger partial charge in [0, 0.05) is 28.4 Å². The number of hydrogen-bond acceptors (Lipinski definition) is 2. The topological polar surface area (TPSA) is 36.0 Å². The Morgan fingerprint density at radius 3 is 3.00 bits per heavy atom. The van der Waals surface area contributed by atoms with Crippen LogP contribution in [0.3, 0.4) is 0 Å². The maximum absolute atomic E-state index is 9.49. The minimum atomic E-state index is 0.319. The molecule has 0 aliphatic carbocycles. The third kappa shape index (κ3) is 1.59. The molecule has 2 aromatic heterocycles. The van der Waals surface area contributed by atoms with Crippen LogP contribution in [0, 0.1) is 0 Å². The van der Waals surface area contributed by atoms with Crippen LogP contribution in [0.15, 0.2) is 41.9 Å². The molecule has 3 heteroatoms. The van der Waals surface area contributed by atoms with Gasteiger partial charge < -0.3 is 10.1 Å². The van der Waals surface area contributed by atoms with Gasteiger partial charge in [0.15, 0.2) is 0 Å². The Hall–Kier alpha value is -1.74. The van der Waals surface area contributed by atoms with Crippen molar-refractivity contribution in [2.45, 2.75) is 6.42 Å². The van der Waals surface area contributed by atoms with E-state index in [0.29, 0.717) is 5.75 Å². The lowest BCUT2D eigenvalue weighted by Gasteiger charge is -1.97. The highest BCUT2D eigenvalue weighted by Gasteiger charge is 2.05. The first-order valence-electron chi connectivity index (χ1n) is 5.14. The summed E-state index contributed by atoms with van der Waals surface area (Å²) < 4.78 is 0. The lowest BCUT2D eigenvalue weighted by molar-refractivity contribution is 0.476. The summed E-state index contributed by atoms with van der Waals surface area (Å²) in [5.41, 5.74) is 2.30. The Kier molecular flexibility index (Phi) is 2.18. The summed E-state index contributed by atoms with van der Waals surface area (Å²) in [5.74, 6) is 0.319. The third-order valence-electron chi connectivity index (χ3n) is 2.70. The molecule has 3 rings (SSSR count). The second-order valence-electron chi connectivity index (χ2n) is 3.80. The number of aromatic amines is 1. The number of aromatic hydroxyl groups is 1. The van der Waals surface area contributed by atoms with E-state index >= 15 is 0 Å². The fourth-order valence-electron chi connectivity index (χ4n) is 1.91. The number of nitrogens with one attached hydrogen (secondary N) is 1. The summed E-state index contributed by atoms with van der Waals surface area (Å²) in [6.07, 6.45) is 2.94. The normalized spacial score (nSPS) is 11.0. The number of thiophene rings is 1. The molecule has 3 aromatic rings. The molecule has 16 heavy (non-hydrogen) atoms. The van der Waals surface area contributed by atoms with E-state index in [1.54, 1.807) is 17.4 Å². The molecule has 0 amide bonds. The monoisotopic (exact) mass is 229 g/mol. The molecule has 1 aromatic carbocycles. The van der Waals surface area contributed by atoms with Crippen LogP contribution in [0.1, 0.15) is 10.4 Å². The zero-order valence-corrected chi connectivity index (χ0v) is 9.42. The van der Waals surface area contributed by atoms with E-state index in [-0.39, 0.29) is 0 Å². The molecule has 0 bridgehead atoms. The van der Waals surface area contributed by atoms with Crippen LogP contribution in [-0.2, 0) is 6.42 Å². The van der Waals surface area contributed by atoms with Gasteiger partial charge in [-0.1, -0.05) is 6.07 Å². The smallest absolute Gasteiger partial charge is 0.116 e. The van der Waals surface area contributed by atoms with Crippen molar-refractivity contribution in [3.63, 3.8) is 0 Å². The fraction of sp³-hybridized carbons (Fsp3) is 0.0769. The number of hydrogen-bond donors (Lipinski definition) is 2. The van der Waals surface area contributed by atoms with Gasteiger partial charge >= 0.3 is 0 Å². The zero-order valence-electron chi connectivity index (χ0n) is 8.60. The van der Waals surface area contributed by atoms with Crippen molar-refractivity contribution < 1.29 is 5.11 Å². The summed E-state index contributed by atoms with van der Waals surface area (Å²) in [7, 11) is 0. The third-order valence-corrected chi connectivity index (χ3v) is 3.57. The zero-order chi connectivity index (χ0) is 11.0. The summed E-state index contributed by atoms with van der Waals surface area (Å²) in [5, 5.41) is 12.7. The van der Waals surface area contributed by atoms with Crippen molar-refractivity contribution in [2.75, 3.05) is 0 Å². The number of aromatic nitrogens is 1. The second kappa shape index (κ2) is 3.68. The number of benzene rings is 1. The van der Waals surface area contributed by atoms with Crippen molar-refractivity contribution in [2.24, 2.45) is 0 Å². The summed E-state index contributed by atoms with van der Waals surface area (Å²) >= 11 is 1.76. The Balaban J connectivity index is 2.07. The van der Waals surface area contributed by atoms with Gasteiger partial charge in [0.1, 0.15) is 5.75 Å². The molecule has 0 aliphatic rings. The minimum absolute atomic E-state index is 0.319. The van der Waals surface area contributed by atoms with Crippen molar-refractivity contribution in [1.82, 2.24) is 4.98 Å². The minimum Gasteiger partial charge on any atom is -0.508 e. The van der Waals surface area contributed by atoms with Gasteiger partial charge in [0.05, 0.1) is 0 Å². The van der Waals surface area contributed by atoms with E-state index in [0.717, 1.165) is 17.3 Å². The van der Waals surface area contributed by atoms with Crippen molar-refractivity contribution in [3.05, 3.63) is 52.3 Å². The SMILES string of the molecule is Oc1ccc2[nH]cc(Cc3cccs3)c2c1. The van der Waals surface area contributed by atoms with Crippen LogP contribution in [0.25, 0.3) is 10.9 Å². The van der Waals surface area contributed by atoms with Crippen LogP contribution in [0.2, 0.25) is 0 Å². The maximum Gasteiger partial charge on any atom is 0.116 e. The standard InChI is InChI=1S/C13H11NOS/c15-10-3-4-13-12(7-10)9(8-14-13)6-11-2-1-5-16-11/h1-5,7-8,14-15H,6H2. The molecule has 2 heterocycles. The number of phenolic OH excluding ortho intramolecular Hbond substituents is 1. The maximum atomic E-state index is 9.49. The van der Waals surface area contributed by atoms with E-state index in [1.807, 2.05) is 18.3 Å². The molecule has 0 radical (unpaired) electrons. The van der Waals surface area contributed by atoms with Gasteiger partial charge in [0.25, 0.3) is 0 Å². The highest BCUT2D eigenvalue weighted by atomic mass is 32.1. The highest BCUT2D eigenvalue weighted by molar-refractivity contribution is 7.09. The predicted octanol–water partition coefficient (Wildman–Crippen LogP) is 3.53. The highest BCUT2D eigenvalue weighted by Crippen LogP contribution is 2.25. The average molecular weight is 229 g/mol. The van der Waals surface area contributed by atoms with E-state index in [2.05, 4.69) is 22.5 Å². The Morgan fingerprint density at radius 2 is 2.19 bits per heavy atom. The molecule has 0 aliphatic heterocycles. The van der Waals surface area contributed by atoms with Crippen molar-refractivity contribution >= 4 is 22.2 Å². The summed E-state index contributed by atoms with van der Waals surface area (Å²) in [6.45, 7) is 0. The first kappa shape index (κ1) is 9.48. The van der Waals surface area contributed by atoms with Gasteiger partial charge in [-0.15, -0.1) is 11.3 Å². The number of rotatable bonds is 2. The first-order chi connectivity index (χ1) is 7.83. The lowest BCUT2D eigenvalue weighted by Crippen LogP contribution is -1.81. The molecular weight excluding hydrogens is 218 g/mol. The lowest BCUT2D eigenvalue weighted by atomic mass is 10.1. The van der Waals surface area contributed by atoms with Gasteiger partial charge in [-0.2, -0.15) is 0 Å². The van der Waals surface area contributed by atoms with Gasteiger partial charge in [0.2, 0.25) is 0 Å². The average Bonchev–Trinajstić information content (AvgIpc) is 2.90. The van der Waals surface area contributed by atoms with Crippen LogP contribution < -0.4 is 0 Å². The van der Waals surface area contributed by atoms with Gasteiger partial charge in [-0.25, -0.2) is 0 Å². The summed E-state index contributed by atoms with van der Waals surface area (Å²) in [6, 6.07) is 9.61. The number of H-pyrrole nitrogens is 1. The molecule has 0 spiro atoms. The predicted molar refractivity (Wildman–Crippen MR) is 67.1 cm³/mol. The van der Waals surface area contributed by atoms with E-state index < -0.39 is 0 Å². The quantitative estimate of drug-likeness (QED) is 0.693. The second-order valence-corrected chi connectivity index (χ2v) is 4.83. The molecule has 0 unspecified atom stereocenters.